The van der Waals surface area contributed by atoms with Gasteiger partial charge in [0.15, 0.2) is 0 Å². The first-order valence-electron chi connectivity index (χ1n) is 8.37. The molecule has 0 saturated heterocycles. The van der Waals surface area contributed by atoms with E-state index in [1.165, 1.54) is 24.3 Å². The summed E-state index contributed by atoms with van der Waals surface area (Å²) in [6.45, 7) is 4.45. The molecule has 0 saturated carbocycles. The number of anilines is 1. The fourth-order valence-corrected chi connectivity index (χ4v) is 3.28. The summed E-state index contributed by atoms with van der Waals surface area (Å²) in [6, 6.07) is 12.8. The molecule has 0 atom stereocenters. The van der Waals surface area contributed by atoms with Crippen LogP contribution in [-0.2, 0) is 10.0 Å². The number of hydrogen-bond donors (Lipinski definition) is 2. The van der Waals surface area contributed by atoms with Gasteiger partial charge in [-0.3, -0.25) is 4.79 Å². The lowest BCUT2D eigenvalue weighted by atomic mass is 10.1. The van der Waals surface area contributed by atoms with Crippen molar-refractivity contribution in [3.8, 4) is 5.75 Å². The Hall–Kier alpha value is -2.38. The lowest BCUT2D eigenvalue weighted by molar-refractivity contribution is 0.102. The van der Waals surface area contributed by atoms with E-state index < -0.39 is 10.0 Å². The summed E-state index contributed by atoms with van der Waals surface area (Å²) >= 11 is 0. The molecular formula is C19H24N2O4S. The summed E-state index contributed by atoms with van der Waals surface area (Å²) in [5, 5.41) is 2.75. The summed E-state index contributed by atoms with van der Waals surface area (Å²) in [5.74, 6) is 0.802. The minimum atomic E-state index is -3.56. The average molecular weight is 376 g/mol. The van der Waals surface area contributed by atoms with Crippen molar-refractivity contribution in [1.82, 2.24) is 4.72 Å². The number of sulfonamides is 1. The van der Waals surface area contributed by atoms with Crippen LogP contribution in [0.15, 0.2) is 53.4 Å². The molecule has 140 valence electrons. The third-order valence-corrected chi connectivity index (χ3v) is 5.27. The van der Waals surface area contributed by atoms with Gasteiger partial charge in [-0.25, -0.2) is 13.1 Å². The van der Waals surface area contributed by atoms with E-state index in [-0.39, 0.29) is 10.8 Å². The van der Waals surface area contributed by atoms with Gasteiger partial charge in [-0.1, -0.05) is 13.8 Å². The third kappa shape index (κ3) is 5.57. The largest absolute Gasteiger partial charge is 0.497 e. The van der Waals surface area contributed by atoms with Crippen molar-refractivity contribution in [1.29, 1.82) is 0 Å². The molecule has 1 amide bonds. The summed E-state index contributed by atoms with van der Waals surface area (Å²) in [4.78, 5) is 12.4. The van der Waals surface area contributed by atoms with Gasteiger partial charge in [0, 0.05) is 17.8 Å². The molecule has 6 nitrogen and oxygen atoms in total. The molecule has 0 aliphatic heterocycles. The van der Waals surface area contributed by atoms with Crippen LogP contribution in [0, 0.1) is 5.92 Å². The number of methoxy groups -OCH3 is 1. The molecular weight excluding hydrogens is 352 g/mol. The first kappa shape index (κ1) is 19.9. The molecule has 0 unspecified atom stereocenters. The van der Waals surface area contributed by atoms with E-state index >= 15 is 0 Å². The van der Waals surface area contributed by atoms with Gasteiger partial charge in [0.1, 0.15) is 5.75 Å². The molecule has 0 aliphatic rings. The topological polar surface area (TPSA) is 84.5 Å². The Morgan fingerprint density at radius 2 is 1.65 bits per heavy atom. The number of hydrogen-bond acceptors (Lipinski definition) is 4. The smallest absolute Gasteiger partial charge is 0.255 e. The van der Waals surface area contributed by atoms with Crippen LogP contribution < -0.4 is 14.8 Å². The standard InChI is InChI=1S/C19H24N2O4S/c1-14(2)12-13-20-26(23,24)18-10-4-15(5-11-18)19(22)21-16-6-8-17(25-3)9-7-16/h4-11,14,20H,12-13H2,1-3H3,(H,21,22). The number of nitrogens with one attached hydrogen (secondary N) is 2. The van der Waals surface area contributed by atoms with Crippen molar-refractivity contribution in [2.75, 3.05) is 19.0 Å². The van der Waals surface area contributed by atoms with Crippen LogP contribution in [-0.4, -0.2) is 28.0 Å². The second kappa shape index (κ2) is 8.82. The SMILES string of the molecule is COc1ccc(NC(=O)c2ccc(S(=O)(=O)NCCC(C)C)cc2)cc1. The van der Waals surface area contributed by atoms with Gasteiger partial charge >= 0.3 is 0 Å². The number of amides is 1. The van der Waals surface area contributed by atoms with Crippen LogP contribution in [0.1, 0.15) is 30.6 Å². The molecule has 2 N–H and O–H groups in total. The van der Waals surface area contributed by atoms with Gasteiger partial charge in [0.05, 0.1) is 12.0 Å². The summed E-state index contributed by atoms with van der Waals surface area (Å²) in [7, 11) is -1.99. The van der Waals surface area contributed by atoms with Crippen molar-refractivity contribution < 1.29 is 17.9 Å². The highest BCUT2D eigenvalue weighted by Crippen LogP contribution is 2.17. The fraction of sp³-hybridized carbons (Fsp3) is 0.316. The number of benzene rings is 2. The molecule has 0 aromatic heterocycles. The minimum absolute atomic E-state index is 0.141. The maximum absolute atomic E-state index is 12.3. The molecule has 0 spiro atoms. The van der Waals surface area contributed by atoms with E-state index in [0.29, 0.717) is 29.5 Å². The van der Waals surface area contributed by atoms with E-state index in [2.05, 4.69) is 10.0 Å². The molecule has 0 radical (unpaired) electrons. The molecule has 0 aliphatic carbocycles. The van der Waals surface area contributed by atoms with Crippen LogP contribution >= 0.6 is 0 Å². The maximum Gasteiger partial charge on any atom is 0.255 e. The Bertz CT molecular complexity index is 829. The maximum atomic E-state index is 12.3. The number of carbonyl (C=O) groups excluding carboxylic acids is 1. The number of ether oxygens (including phenoxy) is 1. The molecule has 0 bridgehead atoms. The van der Waals surface area contributed by atoms with Gasteiger partial charge in [-0.05, 0) is 60.9 Å². The van der Waals surface area contributed by atoms with E-state index in [9.17, 15) is 13.2 Å². The highest BCUT2D eigenvalue weighted by atomic mass is 32.2. The van der Waals surface area contributed by atoms with Gasteiger partial charge in [0.25, 0.3) is 5.91 Å². The Kier molecular flexibility index (Phi) is 6.76. The highest BCUT2D eigenvalue weighted by molar-refractivity contribution is 7.89. The average Bonchev–Trinajstić information content (AvgIpc) is 2.62. The van der Waals surface area contributed by atoms with E-state index in [0.717, 1.165) is 6.42 Å². The minimum Gasteiger partial charge on any atom is -0.497 e. The zero-order valence-corrected chi connectivity index (χ0v) is 16.0. The normalized spacial score (nSPS) is 11.4. The Morgan fingerprint density at radius 1 is 1.04 bits per heavy atom. The number of carbonyl (C=O) groups is 1. The Labute approximate surface area is 154 Å². The third-order valence-electron chi connectivity index (χ3n) is 3.79. The molecule has 26 heavy (non-hydrogen) atoms. The number of rotatable bonds is 8. The van der Waals surface area contributed by atoms with Crippen molar-refractivity contribution in [3.05, 3.63) is 54.1 Å². The van der Waals surface area contributed by atoms with Crippen molar-refractivity contribution in [2.45, 2.75) is 25.2 Å². The van der Waals surface area contributed by atoms with E-state index in [1.54, 1.807) is 31.4 Å². The molecule has 0 heterocycles. The molecule has 2 rings (SSSR count). The van der Waals surface area contributed by atoms with Crippen molar-refractivity contribution in [3.63, 3.8) is 0 Å². The van der Waals surface area contributed by atoms with Gasteiger partial charge in [-0.15, -0.1) is 0 Å². The Balaban J connectivity index is 2.02. The van der Waals surface area contributed by atoms with Gasteiger partial charge in [0.2, 0.25) is 10.0 Å². The highest BCUT2D eigenvalue weighted by Gasteiger charge is 2.15. The van der Waals surface area contributed by atoms with Gasteiger partial charge < -0.3 is 10.1 Å². The lowest BCUT2D eigenvalue weighted by Crippen LogP contribution is -2.25. The molecule has 2 aromatic carbocycles. The second-order valence-electron chi connectivity index (χ2n) is 6.29. The molecule has 0 fully saturated rings. The zero-order valence-electron chi connectivity index (χ0n) is 15.2. The van der Waals surface area contributed by atoms with Crippen molar-refractivity contribution >= 4 is 21.6 Å². The second-order valence-corrected chi connectivity index (χ2v) is 8.05. The zero-order chi connectivity index (χ0) is 19.2. The van der Waals surface area contributed by atoms with E-state index in [4.69, 9.17) is 4.74 Å². The predicted octanol–water partition coefficient (Wildman–Crippen LogP) is 3.27. The summed E-state index contributed by atoms with van der Waals surface area (Å²) in [5.41, 5.74) is 1.00. The Morgan fingerprint density at radius 3 is 2.19 bits per heavy atom. The van der Waals surface area contributed by atoms with Crippen molar-refractivity contribution in [2.24, 2.45) is 5.92 Å². The summed E-state index contributed by atoms with van der Waals surface area (Å²) < 4.78 is 32.1. The van der Waals surface area contributed by atoms with Gasteiger partial charge in [-0.2, -0.15) is 0 Å². The monoisotopic (exact) mass is 376 g/mol. The molecule has 7 heteroatoms. The van der Waals surface area contributed by atoms with Crippen LogP contribution in [0.4, 0.5) is 5.69 Å². The van der Waals surface area contributed by atoms with E-state index in [1.807, 2.05) is 13.8 Å². The van der Waals surface area contributed by atoms with Crippen LogP contribution in [0.3, 0.4) is 0 Å². The molecule has 2 aromatic rings. The quantitative estimate of drug-likeness (QED) is 0.740. The van der Waals surface area contributed by atoms with Crippen LogP contribution in [0.5, 0.6) is 5.75 Å². The first-order valence-corrected chi connectivity index (χ1v) is 9.85. The van der Waals surface area contributed by atoms with Crippen LogP contribution in [0.2, 0.25) is 0 Å². The first-order chi connectivity index (χ1) is 12.3. The predicted molar refractivity (Wildman–Crippen MR) is 102 cm³/mol. The van der Waals surface area contributed by atoms with Crippen LogP contribution in [0.25, 0.3) is 0 Å². The lowest BCUT2D eigenvalue weighted by Gasteiger charge is -2.09. The fourth-order valence-electron chi connectivity index (χ4n) is 2.23. The summed E-state index contributed by atoms with van der Waals surface area (Å²) in [6.07, 6.45) is 0.765.